The Kier molecular flexibility index (Phi) is 7.44. The van der Waals surface area contributed by atoms with Crippen molar-refractivity contribution >= 4 is 22.6 Å². The molecule has 0 aliphatic carbocycles. The van der Waals surface area contributed by atoms with Gasteiger partial charge >= 0.3 is 5.69 Å². The van der Waals surface area contributed by atoms with Crippen LogP contribution in [0.25, 0.3) is 11.0 Å². The van der Waals surface area contributed by atoms with Crippen LogP contribution < -0.4 is 21.1 Å². The second-order valence-corrected chi connectivity index (χ2v) is 9.30. The topological polar surface area (TPSA) is 102 Å². The Hall–Kier alpha value is -3.88. The van der Waals surface area contributed by atoms with Crippen LogP contribution in [0.1, 0.15) is 18.4 Å². The fourth-order valence-electron chi connectivity index (χ4n) is 4.61. The van der Waals surface area contributed by atoms with Gasteiger partial charge in [-0.1, -0.05) is 24.3 Å². The Morgan fingerprint density at radius 1 is 0.917 bits per heavy atom. The van der Waals surface area contributed by atoms with Gasteiger partial charge in [0.2, 0.25) is 5.91 Å². The van der Waals surface area contributed by atoms with E-state index in [1.54, 1.807) is 0 Å². The van der Waals surface area contributed by atoms with Crippen molar-refractivity contribution in [3.8, 4) is 11.5 Å². The lowest BCUT2D eigenvalue weighted by Crippen LogP contribution is -2.38. The van der Waals surface area contributed by atoms with Gasteiger partial charge in [-0.25, -0.2) is 4.79 Å². The summed E-state index contributed by atoms with van der Waals surface area (Å²) in [5, 5.41) is 6.24. The summed E-state index contributed by atoms with van der Waals surface area (Å²) in [4.78, 5) is 31.9. The number of piperidine rings is 1. The summed E-state index contributed by atoms with van der Waals surface area (Å²) in [6, 6.07) is 23.1. The van der Waals surface area contributed by atoms with Crippen molar-refractivity contribution in [3.05, 3.63) is 88.8 Å². The lowest BCUT2D eigenvalue weighted by molar-refractivity contribution is -0.115. The van der Waals surface area contributed by atoms with Crippen LogP contribution in [0.5, 0.6) is 11.5 Å². The number of imidazole rings is 1. The number of para-hydroxylation sites is 1. The Morgan fingerprint density at radius 3 is 2.42 bits per heavy atom. The molecule has 8 nitrogen and oxygen atoms in total. The number of nitrogens with zero attached hydrogens (tertiary/aromatic N) is 1. The molecular formula is C28H31N5O3. The normalized spacial score (nSPS) is 14.7. The van der Waals surface area contributed by atoms with Crippen LogP contribution in [0.4, 0.5) is 5.69 Å². The van der Waals surface area contributed by atoms with Gasteiger partial charge in [0.05, 0.1) is 17.6 Å². The summed E-state index contributed by atoms with van der Waals surface area (Å²) < 4.78 is 5.79. The van der Waals surface area contributed by atoms with E-state index < -0.39 is 0 Å². The smallest absolute Gasteiger partial charge is 0.323 e. The van der Waals surface area contributed by atoms with Gasteiger partial charge in [0.1, 0.15) is 11.5 Å². The lowest BCUT2D eigenvalue weighted by atomic mass is 9.96. The third-order valence-corrected chi connectivity index (χ3v) is 6.53. The number of fused-ring (bicyclic) bond motifs is 1. The van der Waals surface area contributed by atoms with Gasteiger partial charge in [-0.2, -0.15) is 0 Å². The van der Waals surface area contributed by atoms with E-state index in [1.165, 1.54) is 5.56 Å². The first-order chi connectivity index (χ1) is 17.6. The maximum absolute atomic E-state index is 12.3. The van der Waals surface area contributed by atoms with E-state index in [-0.39, 0.29) is 18.1 Å². The molecule has 36 heavy (non-hydrogen) atoms. The predicted octanol–water partition coefficient (Wildman–Crippen LogP) is 4.09. The van der Waals surface area contributed by atoms with E-state index in [2.05, 4.69) is 31.6 Å². The van der Waals surface area contributed by atoms with Gasteiger partial charge < -0.3 is 25.3 Å². The number of amides is 1. The molecule has 8 heteroatoms. The van der Waals surface area contributed by atoms with Crippen molar-refractivity contribution in [1.29, 1.82) is 0 Å². The number of carbonyl (C=O) groups excluding carboxylic acids is 1. The molecule has 186 valence electrons. The number of likely N-dealkylation sites (tertiary alicyclic amines) is 1. The zero-order chi connectivity index (χ0) is 24.7. The first-order valence-corrected chi connectivity index (χ1v) is 12.4. The summed E-state index contributed by atoms with van der Waals surface area (Å²) >= 11 is 0. The van der Waals surface area contributed by atoms with Crippen LogP contribution >= 0.6 is 0 Å². The largest absolute Gasteiger partial charge is 0.457 e. The molecule has 1 aromatic heterocycles. The number of benzene rings is 3. The predicted molar refractivity (Wildman–Crippen MR) is 141 cm³/mol. The van der Waals surface area contributed by atoms with Crippen LogP contribution in [0, 0.1) is 5.92 Å². The molecule has 1 saturated heterocycles. The van der Waals surface area contributed by atoms with Gasteiger partial charge in [0, 0.05) is 12.2 Å². The summed E-state index contributed by atoms with van der Waals surface area (Å²) in [6.07, 6.45) is 2.20. The van der Waals surface area contributed by atoms with Crippen molar-refractivity contribution in [2.75, 3.05) is 31.5 Å². The second-order valence-electron chi connectivity index (χ2n) is 9.30. The van der Waals surface area contributed by atoms with E-state index in [9.17, 15) is 9.59 Å². The summed E-state index contributed by atoms with van der Waals surface area (Å²) in [7, 11) is 0. The summed E-state index contributed by atoms with van der Waals surface area (Å²) in [6.45, 7) is 4.05. The minimum Gasteiger partial charge on any atom is -0.457 e. The van der Waals surface area contributed by atoms with Gasteiger partial charge in [-0.05, 0) is 92.5 Å². The summed E-state index contributed by atoms with van der Waals surface area (Å²) in [5.41, 5.74) is 3.47. The van der Waals surface area contributed by atoms with E-state index in [0.717, 1.165) is 67.2 Å². The van der Waals surface area contributed by atoms with Crippen molar-refractivity contribution < 1.29 is 9.53 Å². The fraction of sp³-hybridized carbons (Fsp3) is 0.286. The minimum atomic E-state index is -0.171. The van der Waals surface area contributed by atoms with Crippen LogP contribution in [0.15, 0.2) is 77.6 Å². The third kappa shape index (κ3) is 6.41. The number of hydrogen-bond acceptors (Lipinski definition) is 5. The highest BCUT2D eigenvalue weighted by atomic mass is 16.5. The van der Waals surface area contributed by atoms with Crippen molar-refractivity contribution in [2.45, 2.75) is 19.4 Å². The number of anilines is 1. The van der Waals surface area contributed by atoms with Crippen molar-refractivity contribution in [1.82, 2.24) is 20.2 Å². The van der Waals surface area contributed by atoms with Gasteiger partial charge in [-0.3, -0.25) is 9.69 Å². The highest BCUT2D eigenvalue weighted by Crippen LogP contribution is 2.23. The Morgan fingerprint density at radius 2 is 1.64 bits per heavy atom. The average Bonchev–Trinajstić information content (AvgIpc) is 3.26. The first kappa shape index (κ1) is 23.8. The molecule has 0 spiro atoms. The monoisotopic (exact) mass is 485 g/mol. The number of aromatic nitrogens is 2. The molecule has 0 atom stereocenters. The molecule has 5 rings (SSSR count). The molecule has 1 aliphatic heterocycles. The summed E-state index contributed by atoms with van der Waals surface area (Å²) in [5.74, 6) is 2.01. The maximum atomic E-state index is 12.3. The SMILES string of the molecule is O=C(CNCC1CCN(Cc2ccc3[nH]c(=O)[nH]c3c2)CC1)Nc1ccc(Oc2ccccc2)cc1. The number of rotatable bonds is 9. The molecule has 3 aromatic carbocycles. The molecule has 0 saturated carbocycles. The van der Waals surface area contributed by atoms with Crippen LogP contribution in [-0.4, -0.2) is 47.0 Å². The Bertz CT molecular complexity index is 1340. The Labute approximate surface area is 209 Å². The van der Waals surface area contributed by atoms with Crippen LogP contribution in [0.2, 0.25) is 0 Å². The van der Waals surface area contributed by atoms with Crippen LogP contribution in [-0.2, 0) is 11.3 Å². The van der Waals surface area contributed by atoms with E-state index in [0.29, 0.717) is 5.92 Å². The van der Waals surface area contributed by atoms with Crippen molar-refractivity contribution in [3.63, 3.8) is 0 Å². The standard InChI is InChI=1S/C28H31N5O3/c34-27(30-22-7-9-24(10-8-22)36-23-4-2-1-3-5-23)18-29-17-20-12-14-33(15-13-20)19-21-6-11-25-26(16-21)32-28(35)31-25/h1-11,16,20,29H,12-15,17-19H2,(H,30,34)(H2,31,32,35). The number of hydrogen-bond donors (Lipinski definition) is 4. The number of aromatic amines is 2. The molecule has 2 heterocycles. The van der Waals surface area contributed by atoms with Crippen molar-refractivity contribution in [2.24, 2.45) is 5.92 Å². The third-order valence-electron chi connectivity index (χ3n) is 6.53. The highest BCUT2D eigenvalue weighted by Gasteiger charge is 2.19. The zero-order valence-corrected chi connectivity index (χ0v) is 20.1. The molecule has 4 N–H and O–H groups in total. The van der Waals surface area contributed by atoms with Gasteiger partial charge in [0.15, 0.2) is 0 Å². The maximum Gasteiger partial charge on any atom is 0.323 e. The number of ether oxygens (including phenoxy) is 1. The highest BCUT2D eigenvalue weighted by molar-refractivity contribution is 5.92. The average molecular weight is 486 g/mol. The molecule has 4 aromatic rings. The number of nitrogens with one attached hydrogen (secondary N) is 4. The molecule has 1 fully saturated rings. The van der Waals surface area contributed by atoms with Gasteiger partial charge in [0.25, 0.3) is 0 Å². The number of carbonyl (C=O) groups is 1. The molecule has 0 radical (unpaired) electrons. The molecular weight excluding hydrogens is 454 g/mol. The first-order valence-electron chi connectivity index (χ1n) is 12.4. The Balaban J connectivity index is 0.997. The molecule has 1 amide bonds. The molecule has 1 aliphatic rings. The molecule has 0 unspecified atom stereocenters. The zero-order valence-electron chi connectivity index (χ0n) is 20.1. The van der Waals surface area contributed by atoms with E-state index in [1.807, 2.05) is 66.7 Å². The van der Waals surface area contributed by atoms with Crippen LogP contribution in [0.3, 0.4) is 0 Å². The number of H-pyrrole nitrogens is 2. The van der Waals surface area contributed by atoms with E-state index >= 15 is 0 Å². The second kappa shape index (κ2) is 11.2. The van der Waals surface area contributed by atoms with E-state index in [4.69, 9.17) is 4.74 Å². The van der Waals surface area contributed by atoms with Gasteiger partial charge in [-0.15, -0.1) is 0 Å². The minimum absolute atomic E-state index is 0.0534. The lowest BCUT2D eigenvalue weighted by Gasteiger charge is -2.32. The molecule has 0 bridgehead atoms. The fourth-order valence-corrected chi connectivity index (χ4v) is 4.61. The quantitative estimate of drug-likeness (QED) is 0.286.